The second-order valence-corrected chi connectivity index (χ2v) is 3.45. The predicted octanol–water partition coefficient (Wildman–Crippen LogP) is 0.960. The summed E-state index contributed by atoms with van der Waals surface area (Å²) in [7, 11) is 2.14. The summed E-state index contributed by atoms with van der Waals surface area (Å²) in [4.78, 5) is 10.2. The van der Waals surface area contributed by atoms with E-state index in [1.807, 2.05) is 0 Å². The largest absolute Gasteiger partial charge is 0.346 e. The van der Waals surface area contributed by atoms with Crippen LogP contribution < -0.4 is 0 Å². The van der Waals surface area contributed by atoms with Gasteiger partial charge in [0.25, 0.3) is 0 Å². The molecule has 1 aliphatic rings. The van der Waals surface area contributed by atoms with E-state index in [4.69, 9.17) is 0 Å². The Labute approximate surface area is 72.8 Å². The molecule has 3 nitrogen and oxygen atoms in total. The predicted molar refractivity (Wildman–Crippen MR) is 48.0 cm³/mol. The molecule has 2 heterocycles. The molecular weight excluding hydrogens is 150 g/mol. The van der Waals surface area contributed by atoms with Crippen LogP contribution in [0.1, 0.15) is 24.1 Å². The number of aromatic amines is 1. The number of aromatic nitrogens is 2. The number of imidazole rings is 1. The number of nitrogens with zero attached hydrogens (tertiary/aromatic N) is 2. The van der Waals surface area contributed by atoms with Crippen molar-refractivity contribution in [3.8, 4) is 0 Å². The average Bonchev–Trinajstić information content (AvgIpc) is 2.46. The standard InChI is InChI=1S/C9H15N3/c1-3-9-10-7-4-5-12(2)6-8(7)11-9/h3-6H2,1-2H3,(H,10,11). The van der Waals surface area contributed by atoms with E-state index < -0.39 is 0 Å². The quantitative estimate of drug-likeness (QED) is 0.672. The van der Waals surface area contributed by atoms with Gasteiger partial charge in [-0.1, -0.05) is 6.92 Å². The lowest BCUT2D eigenvalue weighted by Crippen LogP contribution is -2.26. The first kappa shape index (κ1) is 7.80. The van der Waals surface area contributed by atoms with Crippen LogP contribution in [0.3, 0.4) is 0 Å². The van der Waals surface area contributed by atoms with Crippen molar-refractivity contribution in [1.29, 1.82) is 0 Å². The van der Waals surface area contributed by atoms with Gasteiger partial charge >= 0.3 is 0 Å². The van der Waals surface area contributed by atoms with Crippen LogP contribution in [0.5, 0.6) is 0 Å². The minimum absolute atomic E-state index is 1.01. The van der Waals surface area contributed by atoms with E-state index in [0.29, 0.717) is 0 Å². The zero-order chi connectivity index (χ0) is 8.55. The van der Waals surface area contributed by atoms with E-state index in [1.54, 1.807) is 0 Å². The van der Waals surface area contributed by atoms with Gasteiger partial charge in [0.15, 0.2) is 0 Å². The topological polar surface area (TPSA) is 31.9 Å². The molecule has 1 aromatic heterocycles. The Balaban J connectivity index is 2.28. The van der Waals surface area contributed by atoms with Crippen molar-refractivity contribution in [1.82, 2.24) is 14.9 Å². The summed E-state index contributed by atoms with van der Waals surface area (Å²) in [6.45, 7) is 4.29. The van der Waals surface area contributed by atoms with E-state index in [0.717, 1.165) is 31.8 Å². The van der Waals surface area contributed by atoms with Crippen molar-refractivity contribution < 1.29 is 0 Å². The molecule has 2 rings (SSSR count). The van der Waals surface area contributed by atoms with Gasteiger partial charge in [0.05, 0.1) is 5.69 Å². The molecule has 0 aliphatic carbocycles. The van der Waals surface area contributed by atoms with Crippen molar-refractivity contribution >= 4 is 0 Å². The Morgan fingerprint density at radius 2 is 2.42 bits per heavy atom. The van der Waals surface area contributed by atoms with Gasteiger partial charge in [-0.15, -0.1) is 0 Å². The lowest BCUT2D eigenvalue weighted by atomic mass is 10.2. The molecule has 12 heavy (non-hydrogen) atoms. The zero-order valence-corrected chi connectivity index (χ0v) is 7.72. The molecule has 0 bridgehead atoms. The number of likely N-dealkylation sites (N-methyl/N-ethyl adjacent to an activating group) is 1. The molecule has 0 unspecified atom stereocenters. The molecule has 1 aromatic rings. The smallest absolute Gasteiger partial charge is 0.106 e. The van der Waals surface area contributed by atoms with E-state index in [2.05, 4.69) is 28.8 Å². The summed E-state index contributed by atoms with van der Waals surface area (Å²) < 4.78 is 0. The van der Waals surface area contributed by atoms with Crippen LogP contribution in [-0.2, 0) is 19.4 Å². The summed E-state index contributed by atoms with van der Waals surface area (Å²) in [5.41, 5.74) is 2.60. The fourth-order valence-corrected chi connectivity index (χ4v) is 1.65. The van der Waals surface area contributed by atoms with Crippen LogP contribution >= 0.6 is 0 Å². The molecule has 0 amide bonds. The number of nitrogens with one attached hydrogen (secondary N) is 1. The molecule has 66 valence electrons. The number of fused-ring (bicyclic) bond motifs is 1. The van der Waals surface area contributed by atoms with Gasteiger partial charge in [0, 0.05) is 31.6 Å². The summed E-state index contributed by atoms with van der Waals surface area (Å²) in [5, 5.41) is 0. The van der Waals surface area contributed by atoms with Crippen molar-refractivity contribution in [3.05, 3.63) is 17.2 Å². The number of rotatable bonds is 1. The molecule has 0 spiro atoms. The van der Waals surface area contributed by atoms with Crippen molar-refractivity contribution in [2.45, 2.75) is 26.3 Å². The fourth-order valence-electron chi connectivity index (χ4n) is 1.65. The third-order valence-electron chi connectivity index (χ3n) is 2.41. The normalized spacial score (nSPS) is 17.8. The van der Waals surface area contributed by atoms with Gasteiger partial charge in [0.1, 0.15) is 5.82 Å². The molecule has 3 heteroatoms. The average molecular weight is 165 g/mol. The molecule has 1 aliphatic heterocycles. The Morgan fingerprint density at radius 3 is 3.17 bits per heavy atom. The summed E-state index contributed by atoms with van der Waals surface area (Å²) in [6.07, 6.45) is 2.13. The molecule has 1 N–H and O–H groups in total. The van der Waals surface area contributed by atoms with Crippen molar-refractivity contribution in [3.63, 3.8) is 0 Å². The highest BCUT2D eigenvalue weighted by Gasteiger charge is 2.16. The number of hydrogen-bond donors (Lipinski definition) is 1. The van der Waals surface area contributed by atoms with E-state index in [-0.39, 0.29) is 0 Å². The lowest BCUT2D eigenvalue weighted by Gasteiger charge is -2.20. The maximum Gasteiger partial charge on any atom is 0.106 e. The summed E-state index contributed by atoms with van der Waals surface area (Å²) in [5.74, 6) is 1.13. The fraction of sp³-hybridized carbons (Fsp3) is 0.667. The minimum atomic E-state index is 1.01. The van der Waals surface area contributed by atoms with Gasteiger partial charge in [0.2, 0.25) is 0 Å². The van der Waals surface area contributed by atoms with E-state index in [9.17, 15) is 0 Å². The maximum atomic E-state index is 4.52. The summed E-state index contributed by atoms with van der Waals surface area (Å²) in [6, 6.07) is 0. The monoisotopic (exact) mass is 165 g/mol. The van der Waals surface area contributed by atoms with Gasteiger partial charge in [-0.25, -0.2) is 4.98 Å². The minimum Gasteiger partial charge on any atom is -0.346 e. The molecule has 0 saturated carbocycles. The third kappa shape index (κ3) is 1.25. The SMILES string of the molecule is CCc1nc2c([nH]1)CCN(C)C2. The first-order chi connectivity index (χ1) is 5.79. The highest BCUT2D eigenvalue weighted by molar-refractivity contribution is 5.17. The maximum absolute atomic E-state index is 4.52. The van der Waals surface area contributed by atoms with Crippen LogP contribution in [-0.4, -0.2) is 28.5 Å². The lowest BCUT2D eigenvalue weighted by molar-refractivity contribution is 0.307. The van der Waals surface area contributed by atoms with E-state index >= 15 is 0 Å². The van der Waals surface area contributed by atoms with Gasteiger partial charge in [-0.05, 0) is 7.05 Å². The Morgan fingerprint density at radius 1 is 1.58 bits per heavy atom. The molecular formula is C9H15N3. The van der Waals surface area contributed by atoms with Gasteiger partial charge in [-0.2, -0.15) is 0 Å². The van der Waals surface area contributed by atoms with Crippen LogP contribution in [0.25, 0.3) is 0 Å². The first-order valence-corrected chi connectivity index (χ1v) is 4.54. The van der Waals surface area contributed by atoms with Crippen molar-refractivity contribution in [2.75, 3.05) is 13.6 Å². The number of hydrogen-bond acceptors (Lipinski definition) is 2. The van der Waals surface area contributed by atoms with Crippen LogP contribution in [0.2, 0.25) is 0 Å². The van der Waals surface area contributed by atoms with Crippen LogP contribution in [0, 0.1) is 0 Å². The number of H-pyrrole nitrogens is 1. The second kappa shape index (κ2) is 2.90. The highest BCUT2D eigenvalue weighted by atomic mass is 15.1. The third-order valence-corrected chi connectivity index (χ3v) is 2.41. The van der Waals surface area contributed by atoms with Crippen molar-refractivity contribution in [2.24, 2.45) is 0 Å². The van der Waals surface area contributed by atoms with Gasteiger partial charge < -0.3 is 9.88 Å². The molecule has 0 aromatic carbocycles. The highest BCUT2D eigenvalue weighted by Crippen LogP contribution is 2.15. The first-order valence-electron chi connectivity index (χ1n) is 4.54. The Hall–Kier alpha value is -0.830. The Bertz CT molecular complexity index is 277. The molecule has 0 atom stereocenters. The van der Waals surface area contributed by atoms with Gasteiger partial charge in [-0.3, -0.25) is 0 Å². The molecule has 0 radical (unpaired) electrons. The molecule has 0 fully saturated rings. The van der Waals surface area contributed by atoms with Crippen LogP contribution in [0.15, 0.2) is 0 Å². The molecule has 0 saturated heterocycles. The van der Waals surface area contributed by atoms with Crippen LogP contribution in [0.4, 0.5) is 0 Å². The van der Waals surface area contributed by atoms with E-state index in [1.165, 1.54) is 11.4 Å². The Kier molecular flexibility index (Phi) is 1.89. The summed E-state index contributed by atoms with van der Waals surface area (Å²) >= 11 is 0. The zero-order valence-electron chi connectivity index (χ0n) is 7.72. The number of aryl methyl sites for hydroxylation is 1. The second-order valence-electron chi connectivity index (χ2n) is 3.45.